The zero-order valence-electron chi connectivity index (χ0n) is 15.5. The monoisotopic (exact) mass is 363 g/mol. The molecule has 0 aromatic heterocycles. The zero-order chi connectivity index (χ0) is 18.8. The largest absolute Gasteiger partial charge is 0.349 e. The van der Waals surface area contributed by atoms with E-state index in [-0.39, 0.29) is 6.61 Å². The van der Waals surface area contributed by atoms with Gasteiger partial charge in [-0.3, -0.25) is 0 Å². The van der Waals surface area contributed by atoms with E-state index in [1.807, 2.05) is 30.3 Å². The van der Waals surface area contributed by atoms with Crippen molar-refractivity contribution in [2.24, 2.45) is 5.92 Å². The van der Waals surface area contributed by atoms with Gasteiger partial charge >= 0.3 is 0 Å². The van der Waals surface area contributed by atoms with Crippen molar-refractivity contribution in [1.82, 2.24) is 0 Å². The molecule has 0 N–H and O–H groups in total. The first-order chi connectivity index (χ1) is 12.5. The van der Waals surface area contributed by atoms with Gasteiger partial charge < -0.3 is 28.4 Å². The van der Waals surface area contributed by atoms with Gasteiger partial charge in [0.15, 0.2) is 6.29 Å². The first-order valence-corrected chi connectivity index (χ1v) is 8.59. The number of benzene rings is 1. The summed E-state index contributed by atoms with van der Waals surface area (Å²) in [7, 11) is 3.04. The smallest absolute Gasteiger partial charge is 0.220 e. The second kappa shape index (κ2) is 7.61. The van der Waals surface area contributed by atoms with Crippen LogP contribution < -0.4 is 0 Å². The van der Waals surface area contributed by atoms with Gasteiger partial charge in [-0.2, -0.15) is 5.26 Å². The fourth-order valence-corrected chi connectivity index (χ4v) is 3.25. The van der Waals surface area contributed by atoms with E-state index in [9.17, 15) is 5.26 Å². The van der Waals surface area contributed by atoms with Gasteiger partial charge in [-0.15, -0.1) is 0 Å². The maximum atomic E-state index is 9.48. The highest BCUT2D eigenvalue weighted by molar-refractivity contribution is 5.13. The maximum absolute atomic E-state index is 9.48. The van der Waals surface area contributed by atoms with Crippen LogP contribution in [0.3, 0.4) is 0 Å². The molecule has 0 unspecified atom stereocenters. The Kier molecular flexibility index (Phi) is 5.63. The Morgan fingerprint density at radius 2 is 1.69 bits per heavy atom. The lowest BCUT2D eigenvalue weighted by Gasteiger charge is -2.55. The molecule has 7 nitrogen and oxygen atoms in total. The molecule has 7 heteroatoms. The molecule has 1 aromatic rings. The molecule has 0 aliphatic carbocycles. The quantitative estimate of drug-likeness (QED) is 0.793. The van der Waals surface area contributed by atoms with E-state index < -0.39 is 36.0 Å². The third-order valence-corrected chi connectivity index (χ3v) is 5.18. The van der Waals surface area contributed by atoms with Crippen molar-refractivity contribution in [3.8, 4) is 6.07 Å². The standard InChI is InChI=1S/C19H25NO6/c1-18(21-3)19(2,22-4)26-16-15(25-18)14(10-20)12-24-17(16)23-11-13-8-6-5-7-9-13/h5-9,14-17H,11-12H2,1-4H3/t14-,15-,16+,17-,18+,19+/m1/s1. The van der Waals surface area contributed by atoms with Gasteiger partial charge in [-0.25, -0.2) is 0 Å². The minimum Gasteiger partial charge on any atom is -0.349 e. The zero-order valence-corrected chi connectivity index (χ0v) is 15.5. The predicted molar refractivity (Wildman–Crippen MR) is 90.6 cm³/mol. The number of nitrogens with zero attached hydrogens (tertiary/aromatic N) is 1. The molecule has 26 heavy (non-hydrogen) atoms. The molecule has 6 atom stereocenters. The third kappa shape index (κ3) is 3.37. The van der Waals surface area contributed by atoms with Gasteiger partial charge in [0.05, 0.1) is 25.2 Å². The first kappa shape index (κ1) is 19.2. The molecule has 1 aromatic carbocycles. The molecule has 2 heterocycles. The molecule has 3 rings (SSSR count). The number of hydrogen-bond donors (Lipinski definition) is 0. The van der Waals surface area contributed by atoms with E-state index in [2.05, 4.69) is 6.07 Å². The summed E-state index contributed by atoms with van der Waals surface area (Å²) in [5.41, 5.74) is 1.02. The summed E-state index contributed by atoms with van der Waals surface area (Å²) in [5.74, 6) is -2.84. The second-order valence-corrected chi connectivity index (χ2v) is 6.70. The van der Waals surface area contributed by atoms with Crippen molar-refractivity contribution >= 4 is 0 Å². The lowest BCUT2D eigenvalue weighted by atomic mass is 9.92. The highest BCUT2D eigenvalue weighted by Gasteiger charge is 2.61. The van der Waals surface area contributed by atoms with Crippen molar-refractivity contribution in [3.63, 3.8) is 0 Å². The van der Waals surface area contributed by atoms with Crippen LogP contribution >= 0.6 is 0 Å². The van der Waals surface area contributed by atoms with E-state index >= 15 is 0 Å². The van der Waals surface area contributed by atoms with Gasteiger partial charge in [-0.05, 0) is 19.4 Å². The Morgan fingerprint density at radius 3 is 2.27 bits per heavy atom. The summed E-state index contributed by atoms with van der Waals surface area (Å²) in [6.45, 7) is 4.03. The molecule has 2 aliphatic rings. The third-order valence-electron chi connectivity index (χ3n) is 5.18. The summed E-state index contributed by atoms with van der Waals surface area (Å²) in [6.07, 6.45) is -1.85. The van der Waals surface area contributed by atoms with Gasteiger partial charge in [0.1, 0.15) is 12.2 Å². The average Bonchev–Trinajstić information content (AvgIpc) is 2.68. The van der Waals surface area contributed by atoms with Crippen LogP contribution in [0.5, 0.6) is 0 Å². The van der Waals surface area contributed by atoms with Gasteiger partial charge in [0, 0.05) is 14.2 Å². The van der Waals surface area contributed by atoms with Crippen LogP contribution in [-0.4, -0.2) is 50.9 Å². The molecule has 142 valence electrons. The molecule has 2 saturated heterocycles. The van der Waals surface area contributed by atoms with Crippen LogP contribution in [0.2, 0.25) is 0 Å². The summed E-state index contributed by atoms with van der Waals surface area (Å²) in [6, 6.07) is 12.0. The Morgan fingerprint density at radius 1 is 1.08 bits per heavy atom. The van der Waals surface area contributed by atoms with Crippen LogP contribution in [0.25, 0.3) is 0 Å². The highest BCUT2D eigenvalue weighted by Crippen LogP contribution is 2.44. The lowest BCUT2D eigenvalue weighted by molar-refractivity contribution is -0.475. The molecule has 0 radical (unpaired) electrons. The molecule has 0 amide bonds. The number of nitriles is 1. The Hall–Kier alpha value is -1.53. The van der Waals surface area contributed by atoms with Gasteiger partial charge in [0.2, 0.25) is 11.6 Å². The summed E-state index contributed by atoms with van der Waals surface area (Å²) < 4.78 is 35.1. The van der Waals surface area contributed by atoms with Crippen LogP contribution in [-0.2, 0) is 35.0 Å². The summed E-state index contributed by atoms with van der Waals surface area (Å²) >= 11 is 0. The van der Waals surface area contributed by atoms with Crippen LogP contribution in [0.1, 0.15) is 19.4 Å². The van der Waals surface area contributed by atoms with Crippen LogP contribution in [0.4, 0.5) is 0 Å². The van der Waals surface area contributed by atoms with Crippen molar-refractivity contribution in [2.75, 3.05) is 20.8 Å². The van der Waals surface area contributed by atoms with E-state index in [4.69, 9.17) is 28.4 Å². The van der Waals surface area contributed by atoms with E-state index in [1.165, 1.54) is 14.2 Å². The molecular weight excluding hydrogens is 338 g/mol. The summed E-state index contributed by atoms with van der Waals surface area (Å²) in [4.78, 5) is 0. The number of rotatable bonds is 5. The normalized spacial score (nSPS) is 39.8. The minimum atomic E-state index is -1.18. The van der Waals surface area contributed by atoms with Crippen molar-refractivity contribution in [3.05, 3.63) is 35.9 Å². The average molecular weight is 363 g/mol. The van der Waals surface area contributed by atoms with E-state index in [1.54, 1.807) is 13.8 Å². The molecule has 0 saturated carbocycles. The lowest BCUT2D eigenvalue weighted by Crippen LogP contribution is -2.70. The minimum absolute atomic E-state index is 0.198. The Balaban J connectivity index is 1.80. The fraction of sp³-hybridized carbons (Fsp3) is 0.632. The molecule has 0 bridgehead atoms. The SMILES string of the molecule is CO[C@@]1(C)O[C@@H]2[C@H](OCc3ccccc3)OC[C@@H](C#N)[C@H]2O[C@]1(C)OC. The molecule has 2 fully saturated rings. The molecular formula is C19H25NO6. The molecule has 2 aliphatic heterocycles. The van der Waals surface area contributed by atoms with E-state index in [0.29, 0.717) is 6.61 Å². The van der Waals surface area contributed by atoms with E-state index in [0.717, 1.165) is 5.56 Å². The number of methoxy groups -OCH3 is 2. The van der Waals surface area contributed by atoms with Crippen LogP contribution in [0, 0.1) is 17.2 Å². The van der Waals surface area contributed by atoms with Crippen molar-refractivity contribution in [2.45, 2.75) is 50.5 Å². The second-order valence-electron chi connectivity index (χ2n) is 6.70. The Bertz CT molecular complexity index is 649. The summed E-state index contributed by atoms with van der Waals surface area (Å²) in [5, 5.41) is 9.48. The van der Waals surface area contributed by atoms with Crippen LogP contribution in [0.15, 0.2) is 30.3 Å². The first-order valence-electron chi connectivity index (χ1n) is 8.59. The number of hydrogen-bond acceptors (Lipinski definition) is 7. The maximum Gasteiger partial charge on any atom is 0.220 e. The predicted octanol–water partition coefficient (Wildman–Crippen LogP) is 2.21. The Labute approximate surface area is 153 Å². The highest BCUT2D eigenvalue weighted by atomic mass is 16.8. The van der Waals surface area contributed by atoms with Gasteiger partial charge in [0.25, 0.3) is 0 Å². The topological polar surface area (TPSA) is 79.2 Å². The van der Waals surface area contributed by atoms with Crippen molar-refractivity contribution in [1.29, 1.82) is 5.26 Å². The number of fused-ring (bicyclic) bond motifs is 1. The molecule has 0 spiro atoms. The fourth-order valence-electron chi connectivity index (χ4n) is 3.25. The van der Waals surface area contributed by atoms with Crippen molar-refractivity contribution < 1.29 is 28.4 Å². The van der Waals surface area contributed by atoms with Gasteiger partial charge in [-0.1, -0.05) is 30.3 Å². The number of ether oxygens (including phenoxy) is 6.